The predicted molar refractivity (Wildman–Crippen MR) is 96.4 cm³/mol. The number of hydrogen-bond acceptors (Lipinski definition) is 4. The van der Waals surface area contributed by atoms with E-state index < -0.39 is 0 Å². The van der Waals surface area contributed by atoms with Gasteiger partial charge in [0.25, 0.3) is 0 Å². The molecule has 3 heterocycles. The Morgan fingerprint density at radius 3 is 2.68 bits per heavy atom. The van der Waals surface area contributed by atoms with E-state index in [1.165, 1.54) is 12.1 Å². The first kappa shape index (κ1) is 14.5. The highest BCUT2D eigenvalue weighted by Crippen LogP contribution is 2.45. The highest BCUT2D eigenvalue weighted by Gasteiger charge is 2.30. The van der Waals surface area contributed by atoms with E-state index in [0.717, 1.165) is 38.7 Å². The second-order valence-electron chi connectivity index (χ2n) is 5.96. The van der Waals surface area contributed by atoms with Gasteiger partial charge in [-0.3, -0.25) is 0 Å². The van der Waals surface area contributed by atoms with Crippen molar-refractivity contribution in [2.24, 2.45) is 0 Å². The SMILES string of the molecule is Cc1nnc2n1NC(c1c(-c3ccc(F)cc3)[nH]c3ccccc13)S2. The summed E-state index contributed by atoms with van der Waals surface area (Å²) in [7, 11) is 0. The predicted octanol–water partition coefficient (Wildman–Crippen LogP) is 4.22. The molecule has 5 rings (SSSR count). The number of para-hydroxylation sites is 1. The summed E-state index contributed by atoms with van der Waals surface area (Å²) in [4.78, 5) is 3.49. The Bertz CT molecular complexity index is 1080. The molecule has 0 bridgehead atoms. The van der Waals surface area contributed by atoms with Crippen molar-refractivity contribution >= 4 is 22.7 Å². The molecule has 2 aromatic carbocycles. The van der Waals surface area contributed by atoms with Crippen LogP contribution in [0.2, 0.25) is 0 Å². The van der Waals surface area contributed by atoms with Crippen LogP contribution in [0.5, 0.6) is 0 Å². The largest absolute Gasteiger partial charge is 0.354 e. The molecule has 1 atom stereocenters. The van der Waals surface area contributed by atoms with Gasteiger partial charge in [-0.25, -0.2) is 9.07 Å². The van der Waals surface area contributed by atoms with Crippen molar-refractivity contribution in [1.82, 2.24) is 19.9 Å². The number of benzene rings is 2. The van der Waals surface area contributed by atoms with Gasteiger partial charge >= 0.3 is 0 Å². The average Bonchev–Trinajstić information content (AvgIpc) is 3.29. The smallest absolute Gasteiger partial charge is 0.212 e. The van der Waals surface area contributed by atoms with Crippen LogP contribution in [0.15, 0.2) is 53.7 Å². The number of hydrogen-bond donors (Lipinski definition) is 2. The number of rotatable bonds is 2. The quantitative estimate of drug-likeness (QED) is 0.568. The molecule has 0 saturated carbocycles. The zero-order chi connectivity index (χ0) is 17.0. The first-order chi connectivity index (χ1) is 12.2. The molecule has 0 spiro atoms. The minimum atomic E-state index is -0.239. The topological polar surface area (TPSA) is 58.5 Å². The van der Waals surface area contributed by atoms with Crippen LogP contribution in [0.3, 0.4) is 0 Å². The zero-order valence-electron chi connectivity index (χ0n) is 13.3. The van der Waals surface area contributed by atoms with Gasteiger partial charge in [0, 0.05) is 16.5 Å². The van der Waals surface area contributed by atoms with Crippen molar-refractivity contribution in [2.75, 3.05) is 5.43 Å². The molecule has 5 nitrogen and oxygen atoms in total. The molecular formula is C18H14FN5S. The lowest BCUT2D eigenvalue weighted by Crippen LogP contribution is -2.14. The highest BCUT2D eigenvalue weighted by molar-refractivity contribution is 7.99. The molecule has 1 unspecified atom stereocenters. The number of fused-ring (bicyclic) bond motifs is 2. The Hall–Kier alpha value is -2.80. The molecular weight excluding hydrogens is 337 g/mol. The van der Waals surface area contributed by atoms with Crippen LogP contribution in [-0.2, 0) is 0 Å². The van der Waals surface area contributed by atoms with E-state index in [9.17, 15) is 4.39 Å². The van der Waals surface area contributed by atoms with E-state index in [1.807, 2.05) is 23.7 Å². The normalized spacial score (nSPS) is 16.2. The van der Waals surface area contributed by atoms with Crippen molar-refractivity contribution in [3.05, 3.63) is 65.7 Å². The van der Waals surface area contributed by atoms with Gasteiger partial charge in [-0.1, -0.05) is 30.0 Å². The molecule has 124 valence electrons. The van der Waals surface area contributed by atoms with E-state index in [4.69, 9.17) is 0 Å². The molecule has 1 aliphatic heterocycles. The Labute approximate surface area is 147 Å². The second-order valence-corrected chi connectivity index (χ2v) is 7.03. The van der Waals surface area contributed by atoms with E-state index in [0.29, 0.717) is 0 Å². The van der Waals surface area contributed by atoms with Crippen LogP contribution < -0.4 is 5.43 Å². The third-order valence-electron chi connectivity index (χ3n) is 4.41. The van der Waals surface area contributed by atoms with Crippen LogP contribution in [0.25, 0.3) is 22.2 Å². The summed E-state index contributed by atoms with van der Waals surface area (Å²) in [5, 5.41) is 10.3. The molecule has 4 aromatic rings. The highest BCUT2D eigenvalue weighted by atomic mass is 32.2. The van der Waals surface area contributed by atoms with Gasteiger partial charge in [-0.05, 0) is 42.8 Å². The van der Waals surface area contributed by atoms with Gasteiger partial charge < -0.3 is 10.4 Å². The van der Waals surface area contributed by atoms with Crippen molar-refractivity contribution < 1.29 is 4.39 Å². The fourth-order valence-corrected chi connectivity index (χ4v) is 4.33. The van der Waals surface area contributed by atoms with Crippen molar-refractivity contribution in [1.29, 1.82) is 0 Å². The van der Waals surface area contributed by atoms with Crippen LogP contribution >= 0.6 is 11.8 Å². The summed E-state index contributed by atoms with van der Waals surface area (Å²) < 4.78 is 15.3. The van der Waals surface area contributed by atoms with Crippen LogP contribution in [0.4, 0.5) is 4.39 Å². The van der Waals surface area contributed by atoms with Crippen LogP contribution in [-0.4, -0.2) is 19.9 Å². The first-order valence-electron chi connectivity index (χ1n) is 7.92. The third-order valence-corrected chi connectivity index (χ3v) is 5.46. The number of halogens is 1. The molecule has 0 amide bonds. The molecule has 2 aromatic heterocycles. The Morgan fingerprint density at radius 2 is 1.88 bits per heavy atom. The van der Waals surface area contributed by atoms with E-state index >= 15 is 0 Å². The zero-order valence-corrected chi connectivity index (χ0v) is 14.1. The van der Waals surface area contributed by atoms with Crippen LogP contribution in [0.1, 0.15) is 16.8 Å². The molecule has 2 N–H and O–H groups in total. The second kappa shape index (κ2) is 5.35. The average molecular weight is 351 g/mol. The number of thioether (sulfide) groups is 1. The monoisotopic (exact) mass is 351 g/mol. The van der Waals surface area contributed by atoms with Gasteiger partial charge in [-0.15, -0.1) is 10.2 Å². The number of nitrogens with zero attached hydrogens (tertiary/aromatic N) is 3. The van der Waals surface area contributed by atoms with Gasteiger partial charge in [0.2, 0.25) is 5.16 Å². The lowest BCUT2D eigenvalue weighted by atomic mass is 10.1. The van der Waals surface area contributed by atoms with Gasteiger partial charge in [0.1, 0.15) is 17.0 Å². The lowest BCUT2D eigenvalue weighted by molar-refractivity contribution is 0.628. The summed E-state index contributed by atoms with van der Waals surface area (Å²) in [6, 6.07) is 14.8. The fraction of sp³-hybridized carbons (Fsp3) is 0.111. The minimum Gasteiger partial charge on any atom is -0.354 e. The third kappa shape index (κ3) is 2.23. The maximum Gasteiger partial charge on any atom is 0.212 e. The van der Waals surface area contributed by atoms with E-state index in [2.05, 4.69) is 32.7 Å². The fourth-order valence-electron chi connectivity index (χ4n) is 3.22. The molecule has 0 fully saturated rings. The molecule has 25 heavy (non-hydrogen) atoms. The summed E-state index contributed by atoms with van der Waals surface area (Å²) in [6.45, 7) is 1.92. The molecule has 0 aliphatic carbocycles. The van der Waals surface area contributed by atoms with E-state index in [-0.39, 0.29) is 11.2 Å². The molecule has 0 saturated heterocycles. The molecule has 0 radical (unpaired) electrons. The maximum atomic E-state index is 13.3. The first-order valence-corrected chi connectivity index (χ1v) is 8.80. The number of H-pyrrole nitrogens is 1. The summed E-state index contributed by atoms with van der Waals surface area (Å²) in [5.74, 6) is 0.588. The number of aromatic amines is 1. The number of aromatic nitrogens is 4. The molecule has 1 aliphatic rings. The Morgan fingerprint density at radius 1 is 1.08 bits per heavy atom. The van der Waals surface area contributed by atoms with Crippen molar-refractivity contribution in [3.8, 4) is 11.3 Å². The molecule has 7 heteroatoms. The maximum absolute atomic E-state index is 13.3. The van der Waals surface area contributed by atoms with E-state index in [1.54, 1.807) is 23.9 Å². The summed E-state index contributed by atoms with van der Waals surface area (Å²) in [5.41, 5.74) is 7.59. The Kier molecular flexibility index (Phi) is 3.11. The summed E-state index contributed by atoms with van der Waals surface area (Å²) in [6.07, 6.45) is 0. The van der Waals surface area contributed by atoms with Gasteiger partial charge in [0.05, 0.1) is 5.69 Å². The number of nitrogens with one attached hydrogen (secondary N) is 2. The number of aryl methyl sites for hydroxylation is 1. The van der Waals surface area contributed by atoms with Gasteiger partial charge in [0.15, 0.2) is 0 Å². The Balaban J connectivity index is 1.69. The van der Waals surface area contributed by atoms with Crippen LogP contribution in [0, 0.1) is 12.7 Å². The lowest BCUT2D eigenvalue weighted by Gasteiger charge is -2.13. The van der Waals surface area contributed by atoms with Crippen molar-refractivity contribution in [2.45, 2.75) is 17.5 Å². The van der Waals surface area contributed by atoms with Gasteiger partial charge in [-0.2, -0.15) is 0 Å². The minimum absolute atomic E-state index is 0.000373. The standard InChI is InChI=1S/C18H14FN5S/c1-10-21-22-18-24(10)23-17(25-18)15-13-4-2-3-5-14(13)20-16(15)11-6-8-12(19)9-7-11/h2-9,17,20,23H,1H3. The van der Waals surface area contributed by atoms with Crippen molar-refractivity contribution in [3.63, 3.8) is 0 Å². The summed E-state index contributed by atoms with van der Waals surface area (Å²) >= 11 is 1.63.